The van der Waals surface area contributed by atoms with Crippen LogP contribution in [0.25, 0.3) is 0 Å². The van der Waals surface area contributed by atoms with Gasteiger partial charge in [-0.25, -0.2) is 4.79 Å². The summed E-state index contributed by atoms with van der Waals surface area (Å²) in [4.78, 5) is 26.0. The molecule has 6 heteroatoms. The fraction of sp³-hybridized carbons (Fsp3) is 0.222. The third-order valence-corrected chi connectivity index (χ3v) is 4.41. The molecule has 0 radical (unpaired) electrons. The summed E-state index contributed by atoms with van der Waals surface area (Å²) in [7, 11) is 0. The van der Waals surface area contributed by atoms with Crippen molar-refractivity contribution in [2.45, 2.75) is 19.0 Å². The highest BCUT2D eigenvalue weighted by atomic mass is 16.7. The van der Waals surface area contributed by atoms with Gasteiger partial charge in [0.2, 0.25) is 6.79 Å². The maximum absolute atomic E-state index is 12.9. The molecule has 1 amide bonds. The van der Waals surface area contributed by atoms with Gasteiger partial charge in [0.05, 0.1) is 0 Å². The molecule has 2 aromatic rings. The van der Waals surface area contributed by atoms with Gasteiger partial charge in [0.25, 0.3) is 5.91 Å². The van der Waals surface area contributed by atoms with E-state index < -0.39 is 12.0 Å². The summed E-state index contributed by atoms with van der Waals surface area (Å²) < 4.78 is 10.5. The standard InChI is InChI=1S/C18H15NO5/c20-17(12-5-6-15-16(8-12)24-10-23-15)19-9-13-4-2-1-3-11(13)7-14(19)18(21)22/h1-6,8,14H,7,9-10H2,(H,21,22). The van der Waals surface area contributed by atoms with Gasteiger partial charge < -0.3 is 19.5 Å². The summed E-state index contributed by atoms with van der Waals surface area (Å²) in [5, 5.41) is 9.55. The molecule has 0 aliphatic carbocycles. The number of carbonyl (C=O) groups excluding carboxylic acids is 1. The Kier molecular flexibility index (Phi) is 3.37. The van der Waals surface area contributed by atoms with Crippen molar-refractivity contribution in [1.82, 2.24) is 4.90 Å². The smallest absolute Gasteiger partial charge is 0.326 e. The molecule has 4 rings (SSSR count). The lowest BCUT2D eigenvalue weighted by Gasteiger charge is -2.34. The molecule has 2 heterocycles. The van der Waals surface area contributed by atoms with Crippen LogP contribution in [0.15, 0.2) is 42.5 Å². The van der Waals surface area contributed by atoms with Crippen LogP contribution in [0, 0.1) is 0 Å². The molecule has 0 saturated carbocycles. The van der Waals surface area contributed by atoms with Crippen LogP contribution >= 0.6 is 0 Å². The van der Waals surface area contributed by atoms with Crippen LogP contribution in [-0.2, 0) is 17.8 Å². The van der Waals surface area contributed by atoms with Crippen molar-refractivity contribution in [3.63, 3.8) is 0 Å². The predicted molar refractivity (Wildman–Crippen MR) is 84.0 cm³/mol. The number of hydrogen-bond acceptors (Lipinski definition) is 4. The second kappa shape index (κ2) is 5.56. The maximum Gasteiger partial charge on any atom is 0.326 e. The number of carboxylic acids is 1. The number of aliphatic carboxylic acids is 1. The van der Waals surface area contributed by atoms with Gasteiger partial charge in [-0.05, 0) is 29.3 Å². The Balaban J connectivity index is 1.68. The lowest BCUT2D eigenvalue weighted by molar-refractivity contribution is -0.142. The first-order valence-corrected chi connectivity index (χ1v) is 7.63. The normalized spacial score (nSPS) is 18.2. The molecule has 1 atom stereocenters. The van der Waals surface area contributed by atoms with Crippen molar-refractivity contribution in [3.05, 3.63) is 59.2 Å². The predicted octanol–water partition coefficient (Wildman–Crippen LogP) is 2.07. The van der Waals surface area contributed by atoms with Crippen LogP contribution in [0.4, 0.5) is 0 Å². The van der Waals surface area contributed by atoms with E-state index in [0.717, 1.165) is 11.1 Å². The van der Waals surface area contributed by atoms with Crippen LogP contribution in [-0.4, -0.2) is 34.7 Å². The number of rotatable bonds is 2. The molecule has 24 heavy (non-hydrogen) atoms. The number of amides is 1. The third kappa shape index (κ3) is 2.36. The fourth-order valence-electron chi connectivity index (χ4n) is 3.15. The molecule has 0 saturated heterocycles. The van der Waals surface area contributed by atoms with Gasteiger partial charge in [0.1, 0.15) is 6.04 Å². The van der Waals surface area contributed by atoms with Gasteiger partial charge >= 0.3 is 5.97 Å². The topological polar surface area (TPSA) is 76.1 Å². The van der Waals surface area contributed by atoms with Gasteiger partial charge in [-0.15, -0.1) is 0 Å². The molecule has 0 aromatic heterocycles. The molecule has 6 nitrogen and oxygen atoms in total. The minimum Gasteiger partial charge on any atom is -0.480 e. The second-order valence-electron chi connectivity index (χ2n) is 5.83. The van der Waals surface area contributed by atoms with E-state index in [1.807, 2.05) is 24.3 Å². The number of carboxylic acid groups (broad SMARTS) is 1. The molecule has 1 unspecified atom stereocenters. The molecule has 2 aromatic carbocycles. The van der Waals surface area contributed by atoms with Gasteiger partial charge in [0, 0.05) is 18.5 Å². The number of carbonyl (C=O) groups is 2. The largest absolute Gasteiger partial charge is 0.480 e. The van der Waals surface area contributed by atoms with E-state index in [-0.39, 0.29) is 19.2 Å². The van der Waals surface area contributed by atoms with Gasteiger partial charge in [-0.1, -0.05) is 24.3 Å². The van der Waals surface area contributed by atoms with Crippen LogP contribution in [0.2, 0.25) is 0 Å². The minimum atomic E-state index is -1.00. The van der Waals surface area contributed by atoms with E-state index >= 15 is 0 Å². The third-order valence-electron chi connectivity index (χ3n) is 4.41. The maximum atomic E-state index is 12.9. The van der Waals surface area contributed by atoms with E-state index in [1.54, 1.807) is 18.2 Å². The first-order valence-electron chi connectivity index (χ1n) is 7.63. The minimum absolute atomic E-state index is 0.127. The van der Waals surface area contributed by atoms with Crippen LogP contribution in [0.1, 0.15) is 21.5 Å². The average molecular weight is 325 g/mol. The molecular formula is C18H15NO5. The average Bonchev–Trinajstić information content (AvgIpc) is 3.07. The number of benzene rings is 2. The van der Waals surface area contributed by atoms with E-state index in [4.69, 9.17) is 9.47 Å². The van der Waals surface area contributed by atoms with Gasteiger partial charge in [-0.3, -0.25) is 4.79 Å². The van der Waals surface area contributed by atoms with Crippen molar-refractivity contribution in [2.75, 3.05) is 6.79 Å². The Morgan fingerprint density at radius 2 is 1.79 bits per heavy atom. The Labute approximate surface area is 138 Å². The number of hydrogen-bond donors (Lipinski definition) is 1. The Morgan fingerprint density at radius 3 is 2.58 bits per heavy atom. The molecule has 0 fully saturated rings. The zero-order valence-electron chi connectivity index (χ0n) is 12.8. The lowest BCUT2D eigenvalue weighted by Crippen LogP contribution is -2.48. The molecule has 1 N–H and O–H groups in total. The van der Waals surface area contributed by atoms with Crippen molar-refractivity contribution >= 4 is 11.9 Å². The summed E-state index contributed by atoms with van der Waals surface area (Å²) in [6.07, 6.45) is 0.307. The zero-order valence-corrected chi connectivity index (χ0v) is 12.8. The number of fused-ring (bicyclic) bond motifs is 2. The number of ether oxygens (including phenoxy) is 2. The van der Waals surface area contributed by atoms with E-state index in [9.17, 15) is 14.7 Å². The van der Waals surface area contributed by atoms with Crippen LogP contribution in [0.3, 0.4) is 0 Å². The van der Waals surface area contributed by atoms with Crippen LogP contribution < -0.4 is 9.47 Å². The van der Waals surface area contributed by atoms with E-state index in [2.05, 4.69) is 0 Å². The quantitative estimate of drug-likeness (QED) is 0.915. The van der Waals surface area contributed by atoms with Crippen molar-refractivity contribution < 1.29 is 24.2 Å². The number of nitrogens with zero attached hydrogens (tertiary/aromatic N) is 1. The highest BCUT2D eigenvalue weighted by Gasteiger charge is 2.35. The summed E-state index contributed by atoms with van der Waals surface area (Å²) in [5.74, 6) is -0.232. The lowest BCUT2D eigenvalue weighted by atomic mass is 9.93. The fourth-order valence-corrected chi connectivity index (χ4v) is 3.15. The molecule has 2 aliphatic rings. The van der Waals surface area contributed by atoms with Crippen molar-refractivity contribution in [2.24, 2.45) is 0 Å². The molecular weight excluding hydrogens is 310 g/mol. The van der Waals surface area contributed by atoms with Gasteiger partial charge in [0.15, 0.2) is 11.5 Å². The van der Waals surface area contributed by atoms with Crippen LogP contribution in [0.5, 0.6) is 11.5 Å². The zero-order chi connectivity index (χ0) is 16.7. The van der Waals surface area contributed by atoms with E-state index in [0.29, 0.717) is 23.5 Å². The summed E-state index contributed by atoms with van der Waals surface area (Å²) in [5.41, 5.74) is 2.34. The molecule has 0 bridgehead atoms. The van der Waals surface area contributed by atoms with E-state index in [1.165, 1.54) is 4.90 Å². The van der Waals surface area contributed by atoms with Crippen molar-refractivity contribution in [3.8, 4) is 11.5 Å². The Hall–Kier alpha value is -3.02. The highest BCUT2D eigenvalue weighted by Crippen LogP contribution is 2.33. The van der Waals surface area contributed by atoms with Crippen molar-refractivity contribution in [1.29, 1.82) is 0 Å². The first-order chi connectivity index (χ1) is 11.6. The Morgan fingerprint density at radius 1 is 1.04 bits per heavy atom. The Bertz CT molecular complexity index is 832. The molecule has 0 spiro atoms. The second-order valence-corrected chi connectivity index (χ2v) is 5.83. The summed E-state index contributed by atoms with van der Waals surface area (Å²) in [6, 6.07) is 11.6. The molecule has 122 valence electrons. The monoisotopic (exact) mass is 325 g/mol. The summed E-state index contributed by atoms with van der Waals surface area (Å²) in [6.45, 7) is 0.405. The SMILES string of the molecule is O=C(O)C1Cc2ccccc2CN1C(=O)c1ccc2c(c1)OCO2. The molecule has 2 aliphatic heterocycles. The summed E-state index contributed by atoms with van der Waals surface area (Å²) >= 11 is 0. The van der Waals surface area contributed by atoms with Gasteiger partial charge in [-0.2, -0.15) is 0 Å². The first kappa shape index (κ1) is 14.6. The highest BCUT2D eigenvalue weighted by molar-refractivity contribution is 5.97.